The van der Waals surface area contributed by atoms with Gasteiger partial charge in [-0.05, 0) is 50.1 Å². The number of aromatic nitrogens is 1. The molecule has 6 heteroatoms. The Morgan fingerprint density at radius 1 is 1.35 bits per heavy atom. The molecule has 2 N–H and O–H groups in total. The Bertz CT molecular complexity index is 811. The van der Waals surface area contributed by atoms with E-state index in [1.54, 1.807) is 0 Å². The highest BCUT2D eigenvalue weighted by atomic mass is 32.2. The average Bonchev–Trinajstić information content (AvgIpc) is 3.11. The van der Waals surface area contributed by atoms with Crippen LogP contribution in [0.1, 0.15) is 30.2 Å². The predicted molar refractivity (Wildman–Crippen MR) is 94.1 cm³/mol. The number of H-pyrrole nitrogens is 1. The Hall–Kier alpha value is -1.37. The molecule has 1 unspecified atom stereocenters. The van der Waals surface area contributed by atoms with Gasteiger partial charge in [-0.2, -0.15) is 0 Å². The van der Waals surface area contributed by atoms with Gasteiger partial charge in [0, 0.05) is 36.2 Å². The van der Waals surface area contributed by atoms with Crippen LogP contribution in [0.25, 0.3) is 10.9 Å². The molecular weight excluding hydrogens is 310 g/mol. The van der Waals surface area contributed by atoms with Crippen LogP contribution in [0.4, 0.5) is 0 Å². The monoisotopic (exact) mass is 335 g/mol. The number of rotatable bonds is 5. The molecule has 1 aromatic carbocycles. The van der Waals surface area contributed by atoms with E-state index in [2.05, 4.69) is 46.7 Å². The Morgan fingerprint density at radius 3 is 2.87 bits per heavy atom. The van der Waals surface area contributed by atoms with Crippen molar-refractivity contribution < 1.29 is 8.42 Å². The molecular formula is C17H25N3O2S. The minimum Gasteiger partial charge on any atom is -0.357 e. The molecule has 2 heterocycles. The molecule has 1 aliphatic heterocycles. The maximum atomic E-state index is 12.1. The van der Waals surface area contributed by atoms with Crippen molar-refractivity contribution in [1.29, 1.82) is 0 Å². The summed E-state index contributed by atoms with van der Waals surface area (Å²) in [4.78, 5) is 5.68. The Labute approximate surface area is 138 Å². The fraction of sp³-hybridized carbons (Fsp3) is 0.529. The third kappa shape index (κ3) is 3.29. The van der Waals surface area contributed by atoms with Gasteiger partial charge in [-0.1, -0.05) is 13.0 Å². The second-order valence-electron chi connectivity index (χ2n) is 6.45. The average molecular weight is 335 g/mol. The van der Waals surface area contributed by atoms with Crippen molar-refractivity contribution in [3.05, 3.63) is 35.0 Å². The van der Waals surface area contributed by atoms with Crippen LogP contribution in [0, 0.1) is 13.8 Å². The number of aromatic amines is 1. The number of aryl methyl sites for hydroxylation is 2. The smallest absolute Gasteiger partial charge is 0.215 e. The predicted octanol–water partition coefficient (Wildman–Crippen LogP) is 2.30. The van der Waals surface area contributed by atoms with Crippen molar-refractivity contribution in [2.75, 3.05) is 19.6 Å². The SMILES string of the molecule is CCNS(=O)(=O)C1CCN(Cc2cc3c(C)c(C)ccc3[nH]2)C1. The molecule has 2 aromatic rings. The highest BCUT2D eigenvalue weighted by Gasteiger charge is 2.32. The summed E-state index contributed by atoms with van der Waals surface area (Å²) in [5.74, 6) is 0. The van der Waals surface area contributed by atoms with E-state index in [0.29, 0.717) is 19.5 Å². The zero-order valence-electron chi connectivity index (χ0n) is 14.0. The van der Waals surface area contributed by atoms with Crippen LogP contribution >= 0.6 is 0 Å². The van der Waals surface area contributed by atoms with E-state index in [1.807, 2.05) is 6.92 Å². The summed E-state index contributed by atoms with van der Waals surface area (Å²) in [5.41, 5.74) is 4.90. The minimum absolute atomic E-state index is 0.296. The molecule has 1 aliphatic rings. The third-order valence-corrected chi connectivity index (χ3v) is 6.76. The van der Waals surface area contributed by atoms with E-state index in [4.69, 9.17) is 0 Å². The number of hydrogen-bond donors (Lipinski definition) is 2. The first-order valence-corrected chi connectivity index (χ1v) is 9.74. The van der Waals surface area contributed by atoms with Crippen molar-refractivity contribution in [2.45, 2.75) is 39.0 Å². The lowest BCUT2D eigenvalue weighted by molar-refractivity contribution is 0.328. The van der Waals surface area contributed by atoms with Gasteiger partial charge in [0.1, 0.15) is 0 Å². The van der Waals surface area contributed by atoms with Gasteiger partial charge in [0.05, 0.1) is 5.25 Å². The van der Waals surface area contributed by atoms with Gasteiger partial charge in [-0.15, -0.1) is 0 Å². The summed E-state index contributed by atoms with van der Waals surface area (Å²) >= 11 is 0. The van der Waals surface area contributed by atoms with Gasteiger partial charge in [0.25, 0.3) is 0 Å². The molecule has 3 rings (SSSR count). The molecule has 0 bridgehead atoms. The lowest BCUT2D eigenvalue weighted by Gasteiger charge is -2.15. The molecule has 5 nitrogen and oxygen atoms in total. The number of hydrogen-bond acceptors (Lipinski definition) is 3. The normalized spacial score (nSPS) is 19.7. The largest absolute Gasteiger partial charge is 0.357 e. The maximum absolute atomic E-state index is 12.1. The van der Waals surface area contributed by atoms with Crippen molar-refractivity contribution in [2.24, 2.45) is 0 Å². The minimum atomic E-state index is -3.17. The van der Waals surface area contributed by atoms with Gasteiger partial charge in [0.2, 0.25) is 10.0 Å². The van der Waals surface area contributed by atoms with Gasteiger partial charge < -0.3 is 4.98 Å². The van der Waals surface area contributed by atoms with Crippen LogP contribution in [-0.4, -0.2) is 43.2 Å². The number of benzene rings is 1. The van der Waals surface area contributed by atoms with Gasteiger partial charge >= 0.3 is 0 Å². The van der Waals surface area contributed by atoms with E-state index >= 15 is 0 Å². The lowest BCUT2D eigenvalue weighted by atomic mass is 10.1. The second kappa shape index (κ2) is 6.26. The zero-order chi connectivity index (χ0) is 16.6. The molecule has 0 amide bonds. The zero-order valence-corrected chi connectivity index (χ0v) is 14.8. The summed E-state index contributed by atoms with van der Waals surface area (Å²) in [6, 6.07) is 6.44. The molecule has 0 spiro atoms. The molecule has 0 radical (unpaired) electrons. The summed E-state index contributed by atoms with van der Waals surface area (Å²) in [7, 11) is -3.17. The molecule has 1 saturated heterocycles. The summed E-state index contributed by atoms with van der Waals surface area (Å²) in [6.07, 6.45) is 0.702. The first-order valence-electron chi connectivity index (χ1n) is 8.19. The number of likely N-dealkylation sites (tertiary alicyclic amines) is 1. The molecule has 0 aliphatic carbocycles. The number of nitrogens with one attached hydrogen (secondary N) is 2. The summed E-state index contributed by atoms with van der Waals surface area (Å²) in [6.45, 7) is 8.73. The standard InChI is InChI=1S/C17H25N3O2S/c1-4-18-23(21,22)15-7-8-20(11-15)10-14-9-16-13(3)12(2)5-6-17(16)19-14/h5-6,9,15,18-19H,4,7-8,10-11H2,1-3H3. The highest BCUT2D eigenvalue weighted by molar-refractivity contribution is 7.90. The topological polar surface area (TPSA) is 65.2 Å². The summed E-state index contributed by atoms with van der Waals surface area (Å²) < 4.78 is 26.8. The van der Waals surface area contributed by atoms with E-state index in [1.165, 1.54) is 16.5 Å². The molecule has 1 aromatic heterocycles. The van der Waals surface area contributed by atoms with E-state index in [0.717, 1.165) is 24.3 Å². The van der Waals surface area contributed by atoms with Crippen LogP contribution in [0.5, 0.6) is 0 Å². The van der Waals surface area contributed by atoms with Crippen LogP contribution < -0.4 is 4.72 Å². The highest BCUT2D eigenvalue weighted by Crippen LogP contribution is 2.24. The maximum Gasteiger partial charge on any atom is 0.215 e. The lowest BCUT2D eigenvalue weighted by Crippen LogP contribution is -2.36. The molecule has 1 atom stereocenters. The van der Waals surface area contributed by atoms with Crippen molar-refractivity contribution in [1.82, 2.24) is 14.6 Å². The van der Waals surface area contributed by atoms with Gasteiger partial charge in [-0.3, -0.25) is 4.90 Å². The number of sulfonamides is 1. The quantitative estimate of drug-likeness (QED) is 0.881. The van der Waals surface area contributed by atoms with Crippen LogP contribution in [0.2, 0.25) is 0 Å². The summed E-state index contributed by atoms with van der Waals surface area (Å²) in [5, 5.41) is 0.965. The van der Waals surface area contributed by atoms with Crippen LogP contribution in [0.15, 0.2) is 18.2 Å². The third-order valence-electron chi connectivity index (χ3n) is 4.81. The van der Waals surface area contributed by atoms with Crippen molar-refractivity contribution in [3.8, 4) is 0 Å². The van der Waals surface area contributed by atoms with Crippen molar-refractivity contribution >= 4 is 20.9 Å². The fourth-order valence-corrected chi connectivity index (χ4v) is 4.82. The number of fused-ring (bicyclic) bond motifs is 1. The molecule has 23 heavy (non-hydrogen) atoms. The molecule has 0 saturated carbocycles. The molecule has 126 valence electrons. The molecule has 1 fully saturated rings. The van der Waals surface area contributed by atoms with Crippen LogP contribution in [0.3, 0.4) is 0 Å². The Morgan fingerprint density at radius 2 is 2.13 bits per heavy atom. The first-order chi connectivity index (χ1) is 10.9. The van der Waals surface area contributed by atoms with Crippen molar-refractivity contribution in [3.63, 3.8) is 0 Å². The first kappa shape index (κ1) is 16.5. The van der Waals surface area contributed by atoms with E-state index in [-0.39, 0.29) is 5.25 Å². The van der Waals surface area contributed by atoms with E-state index < -0.39 is 10.0 Å². The Kier molecular flexibility index (Phi) is 4.49. The van der Waals surface area contributed by atoms with Gasteiger partial charge in [0.15, 0.2) is 0 Å². The second-order valence-corrected chi connectivity index (χ2v) is 8.50. The van der Waals surface area contributed by atoms with Gasteiger partial charge in [-0.25, -0.2) is 13.1 Å². The fourth-order valence-electron chi connectivity index (χ4n) is 3.35. The van der Waals surface area contributed by atoms with E-state index in [9.17, 15) is 8.42 Å². The number of nitrogens with zero attached hydrogens (tertiary/aromatic N) is 1. The van der Waals surface area contributed by atoms with Crippen LogP contribution in [-0.2, 0) is 16.6 Å². The Balaban J connectivity index is 1.73.